The van der Waals surface area contributed by atoms with Crippen molar-refractivity contribution in [3.05, 3.63) is 35.9 Å². The molecule has 4 atom stereocenters. The van der Waals surface area contributed by atoms with Crippen LogP contribution in [0.1, 0.15) is 51.6 Å². The molecule has 1 saturated heterocycles. The summed E-state index contributed by atoms with van der Waals surface area (Å²) in [6, 6.07) is 12.6. The Labute approximate surface area is 111 Å². The van der Waals surface area contributed by atoms with Crippen molar-refractivity contribution >= 4 is 0 Å². The van der Waals surface area contributed by atoms with Crippen LogP contribution in [0.4, 0.5) is 0 Å². The minimum absolute atomic E-state index is 0.169. The predicted molar refractivity (Wildman–Crippen MR) is 77.4 cm³/mol. The van der Waals surface area contributed by atoms with Gasteiger partial charge in [-0.15, -0.1) is 0 Å². The van der Waals surface area contributed by atoms with Crippen molar-refractivity contribution < 1.29 is 0 Å². The highest BCUT2D eigenvalue weighted by Crippen LogP contribution is 2.36. The monoisotopic (exact) mass is 246 g/mol. The minimum atomic E-state index is 0.169. The van der Waals surface area contributed by atoms with Crippen LogP contribution in [0.3, 0.4) is 0 Å². The van der Waals surface area contributed by atoms with Gasteiger partial charge in [0.2, 0.25) is 0 Å². The van der Waals surface area contributed by atoms with Gasteiger partial charge < -0.3 is 5.73 Å². The average molecular weight is 246 g/mol. The number of nitrogens with zero attached hydrogens (tertiary/aromatic N) is 1. The lowest BCUT2D eigenvalue weighted by Crippen LogP contribution is -2.45. The molecule has 1 aromatic rings. The number of hydrogen-bond acceptors (Lipinski definition) is 2. The molecule has 2 N–H and O–H groups in total. The molecule has 1 aliphatic rings. The van der Waals surface area contributed by atoms with Gasteiger partial charge in [0.1, 0.15) is 0 Å². The van der Waals surface area contributed by atoms with E-state index in [-0.39, 0.29) is 6.04 Å². The summed E-state index contributed by atoms with van der Waals surface area (Å²) < 4.78 is 0. The van der Waals surface area contributed by atoms with E-state index in [1.807, 2.05) is 0 Å². The van der Waals surface area contributed by atoms with E-state index in [9.17, 15) is 0 Å². The second-order valence-electron chi connectivity index (χ2n) is 5.65. The van der Waals surface area contributed by atoms with Crippen LogP contribution in [-0.2, 0) is 0 Å². The normalized spacial score (nSPS) is 28.2. The summed E-state index contributed by atoms with van der Waals surface area (Å²) in [5.41, 5.74) is 7.65. The Morgan fingerprint density at radius 1 is 1.28 bits per heavy atom. The molecular formula is C16H26N2. The van der Waals surface area contributed by atoms with E-state index in [2.05, 4.69) is 56.0 Å². The third-order valence-electron chi connectivity index (χ3n) is 4.28. The van der Waals surface area contributed by atoms with Crippen LogP contribution in [0.25, 0.3) is 0 Å². The molecule has 1 fully saturated rings. The van der Waals surface area contributed by atoms with Crippen molar-refractivity contribution in [1.29, 1.82) is 0 Å². The first kappa shape index (κ1) is 13.6. The zero-order valence-corrected chi connectivity index (χ0v) is 11.8. The van der Waals surface area contributed by atoms with Crippen LogP contribution in [0, 0.1) is 0 Å². The summed E-state index contributed by atoms with van der Waals surface area (Å²) in [7, 11) is 0. The molecule has 0 aromatic heterocycles. The summed E-state index contributed by atoms with van der Waals surface area (Å²) in [6.45, 7) is 6.77. The summed E-state index contributed by atoms with van der Waals surface area (Å²) in [5.74, 6) is 0. The topological polar surface area (TPSA) is 29.3 Å². The lowest BCUT2D eigenvalue weighted by molar-refractivity contribution is 0.117. The highest BCUT2D eigenvalue weighted by atomic mass is 15.2. The maximum atomic E-state index is 6.29. The zero-order chi connectivity index (χ0) is 13.1. The average Bonchev–Trinajstić information content (AvgIpc) is 2.72. The predicted octanol–water partition coefficient (Wildman–Crippen LogP) is 3.34. The number of benzene rings is 1. The third kappa shape index (κ3) is 2.60. The van der Waals surface area contributed by atoms with Gasteiger partial charge in [-0.05, 0) is 38.7 Å². The summed E-state index contributed by atoms with van der Waals surface area (Å²) in [4.78, 5) is 2.65. The fraction of sp³-hybridized carbons (Fsp3) is 0.625. The minimum Gasteiger partial charge on any atom is -0.326 e. The molecule has 1 heterocycles. The Morgan fingerprint density at radius 2 is 1.94 bits per heavy atom. The van der Waals surface area contributed by atoms with Crippen LogP contribution in [0.5, 0.6) is 0 Å². The number of rotatable bonds is 4. The maximum absolute atomic E-state index is 6.29. The molecular weight excluding hydrogens is 220 g/mol. The summed E-state index contributed by atoms with van der Waals surface area (Å²) in [6.07, 6.45) is 3.84. The second-order valence-corrected chi connectivity index (χ2v) is 5.65. The zero-order valence-electron chi connectivity index (χ0n) is 11.8. The van der Waals surface area contributed by atoms with Gasteiger partial charge in [-0.2, -0.15) is 0 Å². The first-order valence-electron chi connectivity index (χ1n) is 7.23. The van der Waals surface area contributed by atoms with Crippen molar-refractivity contribution in [1.82, 2.24) is 4.90 Å². The van der Waals surface area contributed by atoms with E-state index in [0.29, 0.717) is 18.1 Å². The molecule has 1 aliphatic heterocycles. The molecule has 0 radical (unpaired) electrons. The van der Waals surface area contributed by atoms with Gasteiger partial charge in [0.25, 0.3) is 0 Å². The van der Waals surface area contributed by atoms with Crippen molar-refractivity contribution in [2.24, 2.45) is 5.73 Å². The van der Waals surface area contributed by atoms with Crippen molar-refractivity contribution in [2.45, 2.75) is 64.2 Å². The first-order chi connectivity index (χ1) is 8.65. The lowest BCUT2D eigenvalue weighted by Gasteiger charge is -2.38. The molecule has 0 saturated carbocycles. The number of hydrogen-bond donors (Lipinski definition) is 1. The Balaban J connectivity index is 2.30. The molecule has 100 valence electrons. The number of nitrogens with two attached hydrogens (primary N) is 1. The van der Waals surface area contributed by atoms with Gasteiger partial charge in [-0.3, -0.25) is 4.90 Å². The van der Waals surface area contributed by atoms with Gasteiger partial charge in [0.05, 0.1) is 6.04 Å². The van der Waals surface area contributed by atoms with Crippen LogP contribution in [0.2, 0.25) is 0 Å². The van der Waals surface area contributed by atoms with E-state index in [4.69, 9.17) is 5.73 Å². The van der Waals surface area contributed by atoms with E-state index in [1.54, 1.807) is 0 Å². The molecule has 2 nitrogen and oxygen atoms in total. The van der Waals surface area contributed by atoms with Crippen molar-refractivity contribution in [3.8, 4) is 0 Å². The van der Waals surface area contributed by atoms with Crippen molar-refractivity contribution in [2.75, 3.05) is 0 Å². The van der Waals surface area contributed by atoms with Gasteiger partial charge in [0.15, 0.2) is 0 Å². The molecule has 0 aliphatic carbocycles. The fourth-order valence-corrected chi connectivity index (χ4v) is 3.41. The highest BCUT2D eigenvalue weighted by molar-refractivity contribution is 5.21. The number of likely N-dealkylation sites (tertiary alicyclic amines) is 1. The molecule has 4 unspecified atom stereocenters. The van der Waals surface area contributed by atoms with Crippen molar-refractivity contribution in [3.63, 3.8) is 0 Å². The Kier molecular flexibility index (Phi) is 4.41. The van der Waals surface area contributed by atoms with Gasteiger partial charge in [-0.1, -0.05) is 37.3 Å². The molecule has 0 bridgehead atoms. The fourth-order valence-electron chi connectivity index (χ4n) is 3.41. The maximum Gasteiger partial charge on any atom is 0.0502 e. The molecule has 2 rings (SSSR count). The molecule has 1 aromatic carbocycles. The van der Waals surface area contributed by atoms with E-state index in [0.717, 1.165) is 0 Å². The highest BCUT2D eigenvalue weighted by Gasteiger charge is 2.36. The van der Waals surface area contributed by atoms with Gasteiger partial charge in [0, 0.05) is 18.1 Å². The second kappa shape index (κ2) is 5.85. The Bertz CT molecular complexity index is 361. The summed E-state index contributed by atoms with van der Waals surface area (Å²) in [5, 5.41) is 0. The SMILES string of the molecule is CCC1CCC(C)N1C(c1ccccc1)C(C)N. The van der Waals surface area contributed by atoms with E-state index < -0.39 is 0 Å². The standard InChI is InChI=1S/C16H26N2/c1-4-15-11-10-12(2)18(15)16(13(3)17)14-8-6-5-7-9-14/h5-9,12-13,15-16H,4,10-11,17H2,1-3H3. The summed E-state index contributed by atoms with van der Waals surface area (Å²) >= 11 is 0. The van der Waals surface area contributed by atoms with Crippen LogP contribution >= 0.6 is 0 Å². The molecule has 0 spiro atoms. The quantitative estimate of drug-likeness (QED) is 0.883. The van der Waals surface area contributed by atoms with Gasteiger partial charge >= 0.3 is 0 Å². The largest absolute Gasteiger partial charge is 0.326 e. The van der Waals surface area contributed by atoms with E-state index >= 15 is 0 Å². The van der Waals surface area contributed by atoms with Crippen LogP contribution < -0.4 is 5.73 Å². The Morgan fingerprint density at radius 3 is 2.50 bits per heavy atom. The molecule has 18 heavy (non-hydrogen) atoms. The Hall–Kier alpha value is -0.860. The smallest absolute Gasteiger partial charge is 0.0502 e. The molecule has 2 heteroatoms. The molecule has 0 amide bonds. The van der Waals surface area contributed by atoms with Crippen LogP contribution in [0.15, 0.2) is 30.3 Å². The van der Waals surface area contributed by atoms with Crippen LogP contribution in [-0.4, -0.2) is 23.0 Å². The van der Waals surface area contributed by atoms with E-state index in [1.165, 1.54) is 24.8 Å². The third-order valence-corrected chi connectivity index (χ3v) is 4.28. The lowest BCUT2D eigenvalue weighted by atomic mass is 9.97. The van der Waals surface area contributed by atoms with Gasteiger partial charge in [-0.25, -0.2) is 0 Å². The first-order valence-corrected chi connectivity index (χ1v) is 7.23.